The number of hydrogen-bond donors (Lipinski definition) is 1. The second kappa shape index (κ2) is 5.23. The fourth-order valence-electron chi connectivity index (χ4n) is 1.57. The standard InChI is InChI=1S/C12H12N2O4S/c1-3-18-11(15)6-4-7-8(13)9(12(16)17-2)19-10(7)14-5-6/h4-5H,3,13H2,1-2H3. The number of methoxy groups -OCH3 is 1. The molecular formula is C12H12N2O4S. The van der Waals surface area contributed by atoms with Crippen LogP contribution < -0.4 is 5.73 Å². The summed E-state index contributed by atoms with van der Waals surface area (Å²) in [6.45, 7) is 2.00. The zero-order valence-electron chi connectivity index (χ0n) is 10.4. The minimum atomic E-state index is -0.516. The van der Waals surface area contributed by atoms with Crippen molar-refractivity contribution in [3.63, 3.8) is 0 Å². The number of esters is 2. The zero-order valence-corrected chi connectivity index (χ0v) is 11.2. The van der Waals surface area contributed by atoms with Crippen LogP contribution >= 0.6 is 11.3 Å². The Labute approximate surface area is 113 Å². The molecular weight excluding hydrogens is 268 g/mol. The number of fused-ring (bicyclic) bond motifs is 1. The molecule has 2 aromatic rings. The van der Waals surface area contributed by atoms with Gasteiger partial charge in [0.2, 0.25) is 0 Å². The molecule has 0 bridgehead atoms. The third-order valence-corrected chi connectivity index (χ3v) is 3.58. The van der Waals surface area contributed by atoms with Crippen LogP contribution in [0.15, 0.2) is 12.3 Å². The Bertz CT molecular complexity index is 650. The second-order valence-corrected chi connectivity index (χ2v) is 4.63. The lowest BCUT2D eigenvalue weighted by Crippen LogP contribution is -2.05. The number of anilines is 1. The lowest BCUT2D eigenvalue weighted by Gasteiger charge is -2.01. The molecule has 0 saturated heterocycles. The molecule has 0 spiro atoms. The van der Waals surface area contributed by atoms with Crippen molar-refractivity contribution < 1.29 is 19.1 Å². The molecule has 2 heterocycles. The topological polar surface area (TPSA) is 91.5 Å². The van der Waals surface area contributed by atoms with Crippen LogP contribution in [-0.2, 0) is 9.47 Å². The highest BCUT2D eigenvalue weighted by Crippen LogP contribution is 2.33. The molecule has 0 radical (unpaired) electrons. The van der Waals surface area contributed by atoms with E-state index in [1.54, 1.807) is 13.0 Å². The lowest BCUT2D eigenvalue weighted by atomic mass is 10.2. The normalized spacial score (nSPS) is 10.4. The van der Waals surface area contributed by atoms with E-state index in [0.717, 1.165) is 11.3 Å². The maximum absolute atomic E-state index is 11.6. The van der Waals surface area contributed by atoms with Gasteiger partial charge in [-0.3, -0.25) is 0 Å². The van der Waals surface area contributed by atoms with Gasteiger partial charge in [0, 0.05) is 11.6 Å². The highest BCUT2D eigenvalue weighted by atomic mass is 32.1. The van der Waals surface area contributed by atoms with Gasteiger partial charge in [0.25, 0.3) is 0 Å². The van der Waals surface area contributed by atoms with E-state index in [4.69, 9.17) is 10.5 Å². The summed E-state index contributed by atoms with van der Waals surface area (Å²) < 4.78 is 9.52. The number of pyridine rings is 1. The first-order chi connectivity index (χ1) is 9.08. The van der Waals surface area contributed by atoms with E-state index in [2.05, 4.69) is 9.72 Å². The van der Waals surface area contributed by atoms with Gasteiger partial charge in [-0.25, -0.2) is 14.6 Å². The molecule has 0 atom stereocenters. The number of nitrogens with zero attached hydrogens (tertiary/aromatic N) is 1. The van der Waals surface area contributed by atoms with E-state index in [1.807, 2.05) is 0 Å². The summed E-state index contributed by atoms with van der Waals surface area (Å²) in [5.74, 6) is -0.986. The van der Waals surface area contributed by atoms with Crippen molar-refractivity contribution in [2.24, 2.45) is 0 Å². The molecule has 2 aromatic heterocycles. The maximum Gasteiger partial charge on any atom is 0.350 e. The van der Waals surface area contributed by atoms with Crippen LogP contribution in [0.5, 0.6) is 0 Å². The first-order valence-corrected chi connectivity index (χ1v) is 6.33. The van der Waals surface area contributed by atoms with Crippen LogP contribution in [0.2, 0.25) is 0 Å². The van der Waals surface area contributed by atoms with Gasteiger partial charge in [-0.1, -0.05) is 0 Å². The van der Waals surface area contributed by atoms with Crippen molar-refractivity contribution in [2.75, 3.05) is 19.5 Å². The molecule has 0 aliphatic carbocycles. The maximum atomic E-state index is 11.6. The number of aromatic nitrogens is 1. The number of rotatable bonds is 3. The van der Waals surface area contributed by atoms with E-state index in [-0.39, 0.29) is 17.2 Å². The zero-order chi connectivity index (χ0) is 14.0. The van der Waals surface area contributed by atoms with E-state index in [1.165, 1.54) is 13.3 Å². The van der Waals surface area contributed by atoms with Crippen molar-refractivity contribution >= 4 is 39.2 Å². The van der Waals surface area contributed by atoms with Crippen LogP contribution in [0.4, 0.5) is 5.69 Å². The van der Waals surface area contributed by atoms with Gasteiger partial charge in [-0.2, -0.15) is 0 Å². The first kappa shape index (κ1) is 13.3. The van der Waals surface area contributed by atoms with E-state index < -0.39 is 11.9 Å². The molecule has 2 N–H and O–H groups in total. The Morgan fingerprint density at radius 2 is 2.16 bits per heavy atom. The molecule has 0 saturated carbocycles. The molecule has 0 aliphatic rings. The fourth-order valence-corrected chi connectivity index (χ4v) is 2.54. The average Bonchev–Trinajstić information content (AvgIpc) is 2.75. The molecule has 0 fully saturated rings. The Morgan fingerprint density at radius 1 is 1.42 bits per heavy atom. The van der Waals surface area contributed by atoms with Gasteiger partial charge in [0.15, 0.2) is 0 Å². The van der Waals surface area contributed by atoms with Gasteiger partial charge in [0.05, 0.1) is 25.0 Å². The van der Waals surface area contributed by atoms with E-state index in [0.29, 0.717) is 15.8 Å². The van der Waals surface area contributed by atoms with Crippen LogP contribution in [0.3, 0.4) is 0 Å². The molecule has 19 heavy (non-hydrogen) atoms. The van der Waals surface area contributed by atoms with Gasteiger partial charge >= 0.3 is 11.9 Å². The van der Waals surface area contributed by atoms with E-state index in [9.17, 15) is 9.59 Å². The Kier molecular flexibility index (Phi) is 3.66. The highest BCUT2D eigenvalue weighted by Gasteiger charge is 2.19. The number of nitrogens with two attached hydrogens (primary N) is 1. The Balaban J connectivity index is 2.51. The van der Waals surface area contributed by atoms with Gasteiger partial charge < -0.3 is 15.2 Å². The van der Waals surface area contributed by atoms with Gasteiger partial charge in [-0.05, 0) is 13.0 Å². The third kappa shape index (κ3) is 2.37. The third-order valence-electron chi connectivity index (χ3n) is 2.47. The Morgan fingerprint density at radius 3 is 2.79 bits per heavy atom. The van der Waals surface area contributed by atoms with Gasteiger partial charge in [0.1, 0.15) is 9.71 Å². The first-order valence-electron chi connectivity index (χ1n) is 5.52. The van der Waals surface area contributed by atoms with Gasteiger partial charge in [-0.15, -0.1) is 11.3 Å². The minimum Gasteiger partial charge on any atom is -0.465 e. The largest absolute Gasteiger partial charge is 0.465 e. The van der Waals surface area contributed by atoms with E-state index >= 15 is 0 Å². The number of carbonyl (C=O) groups is 2. The number of nitrogen functional groups attached to an aromatic ring is 1. The number of hydrogen-bond acceptors (Lipinski definition) is 7. The van der Waals surface area contributed by atoms with Crippen molar-refractivity contribution in [3.05, 3.63) is 22.7 Å². The fraction of sp³-hybridized carbons (Fsp3) is 0.250. The minimum absolute atomic E-state index is 0.269. The summed E-state index contributed by atoms with van der Waals surface area (Å²) in [5.41, 5.74) is 6.45. The molecule has 7 heteroatoms. The SMILES string of the molecule is CCOC(=O)c1cnc2sc(C(=O)OC)c(N)c2c1. The second-order valence-electron chi connectivity index (χ2n) is 3.63. The summed E-state index contributed by atoms with van der Waals surface area (Å²) in [6, 6.07) is 1.57. The molecule has 100 valence electrons. The molecule has 0 aromatic carbocycles. The summed E-state index contributed by atoms with van der Waals surface area (Å²) >= 11 is 1.13. The molecule has 0 unspecified atom stereocenters. The number of carbonyl (C=O) groups excluding carboxylic acids is 2. The quantitative estimate of drug-likeness (QED) is 0.862. The Hall–Kier alpha value is -2.15. The van der Waals surface area contributed by atoms with Crippen LogP contribution in [-0.4, -0.2) is 30.6 Å². The average molecular weight is 280 g/mol. The smallest absolute Gasteiger partial charge is 0.350 e. The van der Waals surface area contributed by atoms with Crippen molar-refractivity contribution in [3.8, 4) is 0 Å². The van der Waals surface area contributed by atoms with Crippen molar-refractivity contribution in [2.45, 2.75) is 6.92 Å². The van der Waals surface area contributed by atoms with Crippen LogP contribution in [0.1, 0.15) is 27.0 Å². The monoisotopic (exact) mass is 280 g/mol. The predicted molar refractivity (Wildman–Crippen MR) is 71.3 cm³/mol. The predicted octanol–water partition coefficient (Wildman–Crippen LogP) is 1.84. The van der Waals surface area contributed by atoms with Crippen molar-refractivity contribution in [1.82, 2.24) is 4.98 Å². The lowest BCUT2D eigenvalue weighted by molar-refractivity contribution is 0.0525. The van der Waals surface area contributed by atoms with Crippen molar-refractivity contribution in [1.29, 1.82) is 0 Å². The number of thiophene rings is 1. The molecule has 6 nitrogen and oxygen atoms in total. The molecule has 2 rings (SSSR count). The summed E-state index contributed by atoms with van der Waals surface area (Å²) in [4.78, 5) is 28.1. The summed E-state index contributed by atoms with van der Waals surface area (Å²) in [5, 5.41) is 0.552. The van der Waals surface area contributed by atoms with Crippen LogP contribution in [0, 0.1) is 0 Å². The summed E-state index contributed by atoms with van der Waals surface area (Å²) in [7, 11) is 1.28. The molecule has 0 aliphatic heterocycles. The van der Waals surface area contributed by atoms with Crippen LogP contribution in [0.25, 0.3) is 10.2 Å². The highest BCUT2D eigenvalue weighted by molar-refractivity contribution is 7.21. The summed E-state index contributed by atoms with van der Waals surface area (Å²) in [6.07, 6.45) is 1.40. The number of ether oxygens (including phenoxy) is 2. The molecule has 0 amide bonds.